The first-order valence-electron chi connectivity index (χ1n) is 8.73. The van der Waals surface area contributed by atoms with Gasteiger partial charge in [-0.25, -0.2) is 0 Å². The number of nitrogens with zero attached hydrogens (tertiary/aromatic N) is 1. The fourth-order valence-electron chi connectivity index (χ4n) is 3.06. The number of nitrogens with two attached hydrogens (primary N) is 1. The van der Waals surface area contributed by atoms with Crippen molar-refractivity contribution < 1.29 is 14.1 Å². The van der Waals surface area contributed by atoms with E-state index in [0.29, 0.717) is 27.8 Å². The number of carbonyl (C=O) groups excluding carboxylic acids is 2. The van der Waals surface area contributed by atoms with Crippen molar-refractivity contribution in [2.75, 3.05) is 0 Å². The number of benzene rings is 3. The van der Waals surface area contributed by atoms with Crippen LogP contribution in [0.4, 0.5) is 0 Å². The Kier molecular flexibility index (Phi) is 4.60. The Balaban J connectivity index is 1.67. The topological polar surface area (TPSA) is 98.2 Å². The zero-order valence-corrected chi connectivity index (χ0v) is 14.8. The van der Waals surface area contributed by atoms with Crippen molar-refractivity contribution in [2.24, 2.45) is 5.73 Å². The van der Waals surface area contributed by atoms with Crippen molar-refractivity contribution in [1.82, 2.24) is 10.5 Å². The lowest BCUT2D eigenvalue weighted by molar-refractivity contribution is -0.120. The minimum Gasteiger partial charge on any atom is -0.368 e. The van der Waals surface area contributed by atoms with Gasteiger partial charge in [0.1, 0.15) is 11.6 Å². The van der Waals surface area contributed by atoms with Crippen LogP contribution >= 0.6 is 0 Å². The summed E-state index contributed by atoms with van der Waals surface area (Å²) in [6, 6.07) is 22.5. The Morgan fingerprint density at radius 3 is 2.29 bits per heavy atom. The molecule has 0 aliphatic carbocycles. The number of hydrogen-bond acceptors (Lipinski definition) is 4. The highest BCUT2D eigenvalue weighted by Crippen LogP contribution is 2.29. The van der Waals surface area contributed by atoms with Crippen LogP contribution in [0.1, 0.15) is 22.0 Å². The summed E-state index contributed by atoms with van der Waals surface area (Å²) in [5, 5.41) is 7.47. The summed E-state index contributed by atoms with van der Waals surface area (Å²) in [7, 11) is 0. The van der Waals surface area contributed by atoms with Crippen LogP contribution in [0.25, 0.3) is 22.2 Å². The average Bonchev–Trinajstić information content (AvgIpc) is 3.16. The predicted octanol–water partition coefficient (Wildman–Crippen LogP) is 3.45. The first-order valence-corrected chi connectivity index (χ1v) is 8.73. The van der Waals surface area contributed by atoms with E-state index in [1.807, 2.05) is 36.4 Å². The van der Waals surface area contributed by atoms with Gasteiger partial charge in [0.2, 0.25) is 5.91 Å². The summed E-state index contributed by atoms with van der Waals surface area (Å²) in [6.45, 7) is 0. The Bertz CT molecular complexity index is 1140. The van der Waals surface area contributed by atoms with Gasteiger partial charge in [-0.1, -0.05) is 65.8 Å². The third kappa shape index (κ3) is 3.35. The zero-order chi connectivity index (χ0) is 19.5. The number of amides is 2. The maximum absolute atomic E-state index is 12.8. The molecule has 1 atom stereocenters. The maximum Gasteiger partial charge on any atom is 0.252 e. The molecule has 1 unspecified atom stereocenters. The molecule has 0 radical (unpaired) electrons. The Morgan fingerprint density at radius 2 is 1.61 bits per heavy atom. The van der Waals surface area contributed by atoms with Crippen LogP contribution in [0.15, 0.2) is 83.4 Å². The molecule has 0 saturated heterocycles. The van der Waals surface area contributed by atoms with E-state index in [-0.39, 0.29) is 0 Å². The number of primary amides is 1. The highest BCUT2D eigenvalue weighted by Gasteiger charge is 2.21. The van der Waals surface area contributed by atoms with Gasteiger partial charge in [-0.15, -0.1) is 0 Å². The van der Waals surface area contributed by atoms with E-state index in [2.05, 4.69) is 10.5 Å². The lowest BCUT2D eigenvalue weighted by Crippen LogP contribution is -2.37. The molecule has 6 nitrogen and oxygen atoms in total. The lowest BCUT2D eigenvalue weighted by atomic mass is 10.0. The number of rotatable bonds is 5. The number of hydrogen-bond donors (Lipinski definition) is 2. The molecule has 4 aromatic rings. The van der Waals surface area contributed by atoms with Gasteiger partial charge in [-0.3, -0.25) is 9.59 Å². The molecule has 138 valence electrons. The molecule has 0 fully saturated rings. The van der Waals surface area contributed by atoms with E-state index in [9.17, 15) is 9.59 Å². The normalized spacial score (nSPS) is 11.9. The largest absolute Gasteiger partial charge is 0.368 e. The van der Waals surface area contributed by atoms with Crippen LogP contribution in [0.2, 0.25) is 0 Å². The molecular weight excluding hydrogens is 354 g/mol. The molecular formula is C22H17N3O3. The summed E-state index contributed by atoms with van der Waals surface area (Å²) >= 11 is 0. The smallest absolute Gasteiger partial charge is 0.252 e. The van der Waals surface area contributed by atoms with E-state index in [1.165, 1.54) is 0 Å². The van der Waals surface area contributed by atoms with Gasteiger partial charge in [-0.05, 0) is 23.8 Å². The van der Waals surface area contributed by atoms with Crippen molar-refractivity contribution >= 4 is 22.7 Å². The molecule has 3 N–H and O–H groups in total. The lowest BCUT2D eigenvalue weighted by Gasteiger charge is -2.16. The summed E-state index contributed by atoms with van der Waals surface area (Å²) in [4.78, 5) is 24.6. The minimum atomic E-state index is -0.916. The zero-order valence-electron chi connectivity index (χ0n) is 14.8. The first-order chi connectivity index (χ1) is 13.6. The van der Waals surface area contributed by atoms with E-state index in [4.69, 9.17) is 10.3 Å². The van der Waals surface area contributed by atoms with Crippen LogP contribution < -0.4 is 11.1 Å². The third-order valence-electron chi connectivity index (χ3n) is 4.47. The van der Waals surface area contributed by atoms with Crippen molar-refractivity contribution in [3.8, 4) is 11.3 Å². The Morgan fingerprint density at radius 1 is 0.929 bits per heavy atom. The molecule has 1 aromatic heterocycles. The molecule has 6 heteroatoms. The van der Waals surface area contributed by atoms with Crippen LogP contribution in [0.5, 0.6) is 0 Å². The quantitative estimate of drug-likeness (QED) is 0.561. The van der Waals surface area contributed by atoms with Gasteiger partial charge in [0.15, 0.2) is 5.76 Å². The van der Waals surface area contributed by atoms with Crippen LogP contribution in [-0.4, -0.2) is 17.0 Å². The van der Waals surface area contributed by atoms with E-state index >= 15 is 0 Å². The van der Waals surface area contributed by atoms with Crippen molar-refractivity contribution in [1.29, 1.82) is 0 Å². The van der Waals surface area contributed by atoms with Gasteiger partial charge in [0.05, 0.1) is 5.39 Å². The third-order valence-corrected chi connectivity index (χ3v) is 4.47. The highest BCUT2D eigenvalue weighted by atomic mass is 16.5. The minimum absolute atomic E-state index is 0.384. The summed E-state index contributed by atoms with van der Waals surface area (Å²) < 4.78 is 5.47. The molecule has 28 heavy (non-hydrogen) atoms. The van der Waals surface area contributed by atoms with Gasteiger partial charge < -0.3 is 15.6 Å². The molecule has 3 aromatic carbocycles. The molecule has 0 saturated carbocycles. The summed E-state index contributed by atoms with van der Waals surface area (Å²) in [5.41, 5.74) is 8.01. The molecule has 0 bridgehead atoms. The fraction of sp³-hybridized carbons (Fsp3) is 0.0455. The first kappa shape index (κ1) is 17.5. The van der Waals surface area contributed by atoms with Crippen molar-refractivity contribution in [3.05, 3.63) is 90.0 Å². The standard InChI is InChI=1S/C22H17N3O3/c23-21(26)19(14-7-3-1-4-8-14)24-22(27)16-11-12-18-17(13-16)20(28-25-18)15-9-5-2-6-10-15/h1-13,19H,(H2,23,26)(H,24,27). The second kappa shape index (κ2) is 7.36. The Hall–Kier alpha value is -3.93. The summed E-state index contributed by atoms with van der Waals surface area (Å²) in [5.74, 6) is -0.454. The van der Waals surface area contributed by atoms with E-state index in [1.54, 1.807) is 42.5 Å². The van der Waals surface area contributed by atoms with Gasteiger partial charge in [0, 0.05) is 11.1 Å². The monoisotopic (exact) mass is 371 g/mol. The van der Waals surface area contributed by atoms with Crippen molar-refractivity contribution in [2.45, 2.75) is 6.04 Å². The fourth-order valence-corrected chi connectivity index (χ4v) is 3.06. The maximum atomic E-state index is 12.8. The van der Waals surface area contributed by atoms with Crippen LogP contribution in [0, 0.1) is 0 Å². The number of fused-ring (bicyclic) bond motifs is 1. The van der Waals surface area contributed by atoms with Gasteiger partial charge in [-0.2, -0.15) is 0 Å². The second-order valence-corrected chi connectivity index (χ2v) is 6.33. The average molecular weight is 371 g/mol. The molecule has 2 amide bonds. The van der Waals surface area contributed by atoms with E-state index in [0.717, 1.165) is 5.56 Å². The van der Waals surface area contributed by atoms with Crippen LogP contribution in [-0.2, 0) is 4.79 Å². The number of carbonyl (C=O) groups is 2. The molecule has 0 spiro atoms. The second-order valence-electron chi connectivity index (χ2n) is 6.33. The highest BCUT2D eigenvalue weighted by molar-refractivity contribution is 6.02. The Labute approximate surface area is 161 Å². The van der Waals surface area contributed by atoms with Gasteiger partial charge >= 0.3 is 0 Å². The van der Waals surface area contributed by atoms with Crippen LogP contribution in [0.3, 0.4) is 0 Å². The molecule has 4 rings (SSSR count). The van der Waals surface area contributed by atoms with E-state index < -0.39 is 17.9 Å². The van der Waals surface area contributed by atoms with Gasteiger partial charge in [0.25, 0.3) is 5.91 Å². The predicted molar refractivity (Wildman–Crippen MR) is 105 cm³/mol. The molecule has 0 aliphatic rings. The number of nitrogens with one attached hydrogen (secondary N) is 1. The molecule has 1 heterocycles. The number of aromatic nitrogens is 1. The SMILES string of the molecule is NC(=O)C(NC(=O)c1ccc2noc(-c3ccccc3)c2c1)c1ccccc1. The molecule has 0 aliphatic heterocycles. The summed E-state index contributed by atoms with van der Waals surface area (Å²) in [6.07, 6.45) is 0. The van der Waals surface area contributed by atoms with Crippen molar-refractivity contribution in [3.63, 3.8) is 0 Å².